The number of benzene rings is 1. The lowest BCUT2D eigenvalue weighted by Crippen LogP contribution is -2.34. The van der Waals surface area contributed by atoms with Crippen LogP contribution in [0.15, 0.2) is 36.4 Å². The monoisotopic (exact) mass is 270 g/mol. The highest BCUT2D eigenvalue weighted by Gasteiger charge is 2.32. The molecule has 1 heterocycles. The van der Waals surface area contributed by atoms with Crippen molar-refractivity contribution < 1.29 is 9.90 Å². The second-order valence-electron chi connectivity index (χ2n) is 5.34. The van der Waals surface area contributed by atoms with E-state index in [1.807, 2.05) is 48.9 Å². The Labute approximate surface area is 118 Å². The Morgan fingerprint density at radius 1 is 1.30 bits per heavy atom. The molecular weight excluding hydrogens is 252 g/mol. The van der Waals surface area contributed by atoms with Crippen LogP contribution in [-0.2, 0) is 13.5 Å². The van der Waals surface area contributed by atoms with Crippen molar-refractivity contribution in [2.24, 2.45) is 7.05 Å². The summed E-state index contributed by atoms with van der Waals surface area (Å²) in [6.07, 6.45) is 0.0329. The number of rotatable bonds is 2. The van der Waals surface area contributed by atoms with Crippen LogP contribution in [-0.4, -0.2) is 21.7 Å². The normalized spacial score (nSPS) is 20.8. The summed E-state index contributed by atoms with van der Waals surface area (Å²) < 4.78 is 1.85. The van der Waals surface area contributed by atoms with Crippen LogP contribution in [0.2, 0.25) is 0 Å². The Hall–Kier alpha value is -2.07. The number of aromatic nitrogens is 1. The number of carbonyl (C=O) groups excluding carboxylic acids is 1. The summed E-state index contributed by atoms with van der Waals surface area (Å²) in [6.45, 7) is 1.95. The van der Waals surface area contributed by atoms with Crippen molar-refractivity contribution >= 4 is 5.91 Å². The van der Waals surface area contributed by atoms with E-state index in [0.717, 1.165) is 16.8 Å². The first kappa shape index (κ1) is 12.9. The van der Waals surface area contributed by atoms with Gasteiger partial charge >= 0.3 is 0 Å². The first-order valence-electron chi connectivity index (χ1n) is 6.77. The second-order valence-corrected chi connectivity index (χ2v) is 5.34. The summed E-state index contributed by atoms with van der Waals surface area (Å²) in [5, 5.41) is 13.1. The van der Waals surface area contributed by atoms with E-state index in [-0.39, 0.29) is 11.9 Å². The van der Waals surface area contributed by atoms with E-state index in [4.69, 9.17) is 0 Å². The van der Waals surface area contributed by atoms with Gasteiger partial charge in [-0.3, -0.25) is 4.79 Å². The van der Waals surface area contributed by atoms with Gasteiger partial charge in [-0.15, -0.1) is 0 Å². The molecular formula is C16H18N2O2. The molecule has 0 saturated carbocycles. The molecule has 0 aliphatic heterocycles. The van der Waals surface area contributed by atoms with Gasteiger partial charge in [-0.2, -0.15) is 0 Å². The minimum Gasteiger partial charge on any atom is -0.390 e. The molecule has 0 fully saturated rings. The molecule has 4 nitrogen and oxygen atoms in total. The van der Waals surface area contributed by atoms with Crippen LogP contribution in [0.1, 0.15) is 33.4 Å². The average Bonchev–Trinajstić information content (AvgIpc) is 2.92. The third-order valence-corrected chi connectivity index (χ3v) is 4.10. The third kappa shape index (κ3) is 2.02. The van der Waals surface area contributed by atoms with Gasteiger partial charge in [0.05, 0.1) is 12.1 Å². The molecule has 1 aliphatic carbocycles. The summed E-state index contributed by atoms with van der Waals surface area (Å²) in [7, 11) is 1.86. The number of nitrogens with one attached hydrogen (secondary N) is 1. The first-order chi connectivity index (χ1) is 9.58. The molecule has 104 valence electrons. The molecule has 4 heteroatoms. The Kier molecular flexibility index (Phi) is 3.10. The van der Waals surface area contributed by atoms with Crippen LogP contribution in [0.5, 0.6) is 0 Å². The summed E-state index contributed by atoms with van der Waals surface area (Å²) in [5.74, 6) is -0.152. The number of aliphatic hydroxyl groups excluding tert-OH is 1. The number of nitrogens with zero attached hydrogens (tertiary/aromatic N) is 1. The summed E-state index contributed by atoms with van der Waals surface area (Å²) in [4.78, 5) is 12.3. The highest BCUT2D eigenvalue weighted by atomic mass is 16.3. The minimum atomic E-state index is -0.558. The molecule has 2 aromatic rings. The smallest absolute Gasteiger partial charge is 0.268 e. The van der Waals surface area contributed by atoms with Gasteiger partial charge in [-0.25, -0.2) is 0 Å². The number of hydrogen-bond donors (Lipinski definition) is 2. The fourth-order valence-corrected chi connectivity index (χ4v) is 2.80. The van der Waals surface area contributed by atoms with Crippen molar-refractivity contribution in [3.8, 4) is 0 Å². The Bertz CT molecular complexity index is 660. The van der Waals surface area contributed by atoms with E-state index in [1.54, 1.807) is 6.07 Å². The van der Waals surface area contributed by atoms with Crippen molar-refractivity contribution in [1.82, 2.24) is 9.88 Å². The molecule has 1 aromatic heterocycles. The van der Waals surface area contributed by atoms with Crippen LogP contribution in [0, 0.1) is 6.92 Å². The molecule has 2 N–H and O–H groups in total. The molecule has 0 unspecified atom stereocenters. The summed E-state index contributed by atoms with van der Waals surface area (Å²) >= 11 is 0. The number of aryl methyl sites for hydroxylation is 1. The lowest BCUT2D eigenvalue weighted by molar-refractivity contribution is 0.0850. The molecule has 2 atom stereocenters. The SMILES string of the molecule is Cc1ccc(C(=O)N[C@H]2c3ccccc3C[C@H]2O)n1C. The Morgan fingerprint density at radius 3 is 2.75 bits per heavy atom. The van der Waals surface area contributed by atoms with E-state index in [1.165, 1.54) is 0 Å². The van der Waals surface area contributed by atoms with E-state index < -0.39 is 6.10 Å². The molecule has 0 saturated heterocycles. The van der Waals surface area contributed by atoms with Crippen LogP contribution in [0.4, 0.5) is 0 Å². The predicted molar refractivity (Wildman–Crippen MR) is 76.5 cm³/mol. The van der Waals surface area contributed by atoms with Gasteiger partial charge in [-0.1, -0.05) is 24.3 Å². The van der Waals surface area contributed by atoms with Gasteiger partial charge in [0.2, 0.25) is 0 Å². The van der Waals surface area contributed by atoms with Gasteiger partial charge < -0.3 is 15.0 Å². The lowest BCUT2D eigenvalue weighted by atomic mass is 10.1. The average molecular weight is 270 g/mol. The third-order valence-electron chi connectivity index (χ3n) is 4.10. The molecule has 20 heavy (non-hydrogen) atoms. The van der Waals surface area contributed by atoms with Crippen LogP contribution in [0.25, 0.3) is 0 Å². The fraction of sp³-hybridized carbons (Fsp3) is 0.312. The molecule has 0 bridgehead atoms. The first-order valence-corrected chi connectivity index (χ1v) is 6.77. The standard InChI is InChI=1S/C16H18N2O2/c1-10-7-8-13(18(10)2)16(20)17-15-12-6-4-3-5-11(12)9-14(15)19/h3-8,14-15,19H,9H2,1-2H3,(H,17,20)/t14-,15+/m1/s1. The predicted octanol–water partition coefficient (Wildman–Crippen LogP) is 1.72. The summed E-state index contributed by atoms with van der Waals surface area (Å²) in [5.41, 5.74) is 3.76. The topological polar surface area (TPSA) is 54.3 Å². The molecule has 3 rings (SSSR count). The summed E-state index contributed by atoms with van der Waals surface area (Å²) in [6, 6.07) is 11.2. The zero-order valence-corrected chi connectivity index (χ0v) is 11.6. The van der Waals surface area contributed by atoms with Crippen molar-refractivity contribution in [2.75, 3.05) is 0 Å². The van der Waals surface area contributed by atoms with Crippen molar-refractivity contribution in [1.29, 1.82) is 0 Å². The van der Waals surface area contributed by atoms with Crippen LogP contribution in [0.3, 0.4) is 0 Å². The molecule has 1 amide bonds. The zero-order chi connectivity index (χ0) is 14.3. The van der Waals surface area contributed by atoms with Gasteiger partial charge in [0.1, 0.15) is 5.69 Å². The van der Waals surface area contributed by atoms with Gasteiger partial charge in [0.15, 0.2) is 0 Å². The zero-order valence-electron chi connectivity index (χ0n) is 11.6. The highest BCUT2D eigenvalue weighted by Crippen LogP contribution is 2.31. The maximum absolute atomic E-state index is 12.3. The fourth-order valence-electron chi connectivity index (χ4n) is 2.80. The second kappa shape index (κ2) is 4.80. The maximum Gasteiger partial charge on any atom is 0.268 e. The van der Waals surface area contributed by atoms with Crippen molar-refractivity contribution in [2.45, 2.75) is 25.5 Å². The maximum atomic E-state index is 12.3. The number of amides is 1. The van der Waals surface area contributed by atoms with Crippen LogP contribution < -0.4 is 5.32 Å². The van der Waals surface area contributed by atoms with E-state index in [0.29, 0.717) is 12.1 Å². The number of aliphatic hydroxyl groups is 1. The number of carbonyl (C=O) groups is 1. The van der Waals surface area contributed by atoms with Crippen molar-refractivity contribution in [3.05, 3.63) is 58.9 Å². The quantitative estimate of drug-likeness (QED) is 0.873. The van der Waals surface area contributed by atoms with Gasteiger partial charge in [0, 0.05) is 19.2 Å². The highest BCUT2D eigenvalue weighted by molar-refractivity contribution is 5.93. The van der Waals surface area contributed by atoms with E-state index >= 15 is 0 Å². The molecule has 1 aliphatic rings. The van der Waals surface area contributed by atoms with Crippen LogP contribution >= 0.6 is 0 Å². The molecule has 0 radical (unpaired) electrons. The van der Waals surface area contributed by atoms with Gasteiger partial charge in [-0.05, 0) is 30.2 Å². The Morgan fingerprint density at radius 2 is 2.05 bits per heavy atom. The largest absolute Gasteiger partial charge is 0.390 e. The number of fused-ring (bicyclic) bond motifs is 1. The Balaban J connectivity index is 1.85. The van der Waals surface area contributed by atoms with E-state index in [9.17, 15) is 9.90 Å². The molecule has 0 spiro atoms. The minimum absolute atomic E-state index is 0.152. The van der Waals surface area contributed by atoms with E-state index in [2.05, 4.69) is 5.32 Å². The number of hydrogen-bond acceptors (Lipinski definition) is 2. The molecule has 1 aromatic carbocycles. The lowest BCUT2D eigenvalue weighted by Gasteiger charge is -2.18. The van der Waals surface area contributed by atoms with Gasteiger partial charge in [0.25, 0.3) is 5.91 Å². The van der Waals surface area contributed by atoms with Crippen molar-refractivity contribution in [3.63, 3.8) is 0 Å².